The molecule has 1 aromatic heterocycles. The highest BCUT2D eigenvalue weighted by atomic mass is 19.4. The van der Waals surface area contributed by atoms with Crippen molar-refractivity contribution in [1.29, 1.82) is 5.26 Å². The Morgan fingerprint density at radius 3 is 2.43 bits per heavy atom. The molecule has 0 unspecified atom stereocenters. The van der Waals surface area contributed by atoms with E-state index in [2.05, 4.69) is 4.98 Å². The molecule has 1 heterocycles. The summed E-state index contributed by atoms with van der Waals surface area (Å²) in [5, 5.41) is 8.96. The van der Waals surface area contributed by atoms with Crippen LogP contribution in [0.25, 0.3) is 11.1 Å². The van der Waals surface area contributed by atoms with Gasteiger partial charge in [0.15, 0.2) is 0 Å². The maximum Gasteiger partial charge on any atom is 0.419 e. The van der Waals surface area contributed by atoms with Gasteiger partial charge in [0, 0.05) is 11.3 Å². The normalized spacial score (nSPS) is 11.2. The van der Waals surface area contributed by atoms with E-state index >= 15 is 0 Å². The summed E-state index contributed by atoms with van der Waals surface area (Å²) in [6.07, 6.45) is -4.80. The van der Waals surface area contributed by atoms with Crippen LogP contribution in [0.1, 0.15) is 16.8 Å². The van der Waals surface area contributed by atoms with Crippen molar-refractivity contribution in [3.8, 4) is 17.2 Å². The Bertz CT molecular complexity index is 800. The minimum Gasteiger partial charge on any atom is -0.325 e. The van der Waals surface area contributed by atoms with Gasteiger partial charge >= 0.3 is 6.18 Å². The molecule has 2 rings (SSSR count). The van der Waals surface area contributed by atoms with Gasteiger partial charge in [-0.1, -0.05) is 6.07 Å². The second-order valence-electron chi connectivity index (χ2n) is 4.37. The molecule has 1 aromatic carbocycles. The zero-order chi connectivity index (χ0) is 15.8. The topological polar surface area (TPSA) is 56.6 Å². The van der Waals surface area contributed by atoms with Crippen molar-refractivity contribution < 1.29 is 17.6 Å². The summed E-state index contributed by atoms with van der Waals surface area (Å²) < 4.78 is 51.1. The van der Waals surface area contributed by atoms with Crippen LogP contribution in [0.4, 0.5) is 17.6 Å². The Morgan fingerprint density at radius 2 is 1.90 bits per heavy atom. The number of nitrogens with one attached hydrogen (secondary N) is 1. The minimum atomic E-state index is -4.80. The average Bonchev–Trinajstić information content (AvgIpc) is 2.36. The van der Waals surface area contributed by atoms with Crippen LogP contribution in [0, 0.1) is 24.1 Å². The Kier molecular flexibility index (Phi) is 3.56. The molecule has 0 fully saturated rings. The van der Waals surface area contributed by atoms with Crippen LogP contribution >= 0.6 is 0 Å². The van der Waals surface area contributed by atoms with Gasteiger partial charge in [-0.2, -0.15) is 18.4 Å². The van der Waals surface area contributed by atoms with E-state index < -0.39 is 23.1 Å². The summed E-state index contributed by atoms with van der Waals surface area (Å²) in [6, 6.07) is 5.35. The van der Waals surface area contributed by atoms with Gasteiger partial charge in [-0.05, 0) is 30.7 Å². The third kappa shape index (κ3) is 2.79. The van der Waals surface area contributed by atoms with Gasteiger partial charge in [0.05, 0.1) is 5.56 Å². The molecule has 0 spiro atoms. The molecule has 0 saturated carbocycles. The van der Waals surface area contributed by atoms with Crippen molar-refractivity contribution in [2.45, 2.75) is 13.1 Å². The van der Waals surface area contributed by atoms with Crippen LogP contribution < -0.4 is 5.56 Å². The molecule has 0 saturated heterocycles. The fraction of sp³-hybridized carbons (Fsp3) is 0.143. The molecule has 21 heavy (non-hydrogen) atoms. The molecule has 0 atom stereocenters. The highest BCUT2D eigenvalue weighted by Crippen LogP contribution is 2.33. The van der Waals surface area contributed by atoms with Crippen molar-refractivity contribution in [3.05, 3.63) is 57.3 Å². The molecule has 0 amide bonds. The standard InChI is InChI=1S/C14H8F4N2O/c1-7-4-9(10(6-19)13(21)20-7)8-2-3-11(12(15)5-8)14(16,17)18/h2-5H,1H3,(H,20,21). The van der Waals surface area contributed by atoms with E-state index in [1.54, 1.807) is 13.0 Å². The summed E-state index contributed by atoms with van der Waals surface area (Å²) in [4.78, 5) is 14.0. The first kappa shape index (κ1) is 14.8. The van der Waals surface area contributed by atoms with Gasteiger partial charge in [0.1, 0.15) is 17.4 Å². The lowest BCUT2D eigenvalue weighted by Crippen LogP contribution is -2.13. The van der Waals surface area contributed by atoms with Crippen molar-refractivity contribution in [2.75, 3.05) is 0 Å². The maximum atomic E-state index is 13.6. The lowest BCUT2D eigenvalue weighted by atomic mass is 9.99. The van der Waals surface area contributed by atoms with Crippen molar-refractivity contribution in [2.24, 2.45) is 0 Å². The van der Waals surface area contributed by atoms with Crippen molar-refractivity contribution in [3.63, 3.8) is 0 Å². The van der Waals surface area contributed by atoms with Gasteiger partial charge in [-0.25, -0.2) is 4.39 Å². The molecule has 0 bridgehead atoms. The number of hydrogen-bond donors (Lipinski definition) is 1. The molecule has 7 heteroatoms. The number of aryl methyl sites for hydroxylation is 1. The second kappa shape index (κ2) is 5.05. The predicted octanol–water partition coefficient (Wildman–Crippen LogP) is 3.38. The maximum absolute atomic E-state index is 13.6. The zero-order valence-electron chi connectivity index (χ0n) is 10.7. The van der Waals surface area contributed by atoms with Crippen LogP contribution in [-0.2, 0) is 6.18 Å². The van der Waals surface area contributed by atoms with Crippen LogP contribution in [0.2, 0.25) is 0 Å². The van der Waals surface area contributed by atoms with E-state index in [9.17, 15) is 22.4 Å². The molecule has 0 aliphatic heterocycles. The van der Waals surface area contributed by atoms with Gasteiger partial charge in [0.2, 0.25) is 0 Å². The Morgan fingerprint density at radius 1 is 1.24 bits per heavy atom. The molecule has 0 aliphatic carbocycles. The van der Waals surface area contributed by atoms with E-state index in [4.69, 9.17) is 5.26 Å². The molecule has 0 radical (unpaired) electrons. The van der Waals surface area contributed by atoms with Gasteiger partial charge in [-0.3, -0.25) is 4.79 Å². The average molecular weight is 296 g/mol. The fourth-order valence-electron chi connectivity index (χ4n) is 1.94. The molecule has 1 N–H and O–H groups in total. The van der Waals surface area contributed by atoms with Crippen molar-refractivity contribution in [1.82, 2.24) is 4.98 Å². The first-order chi connectivity index (χ1) is 9.74. The van der Waals surface area contributed by atoms with Crippen LogP contribution in [-0.4, -0.2) is 4.98 Å². The summed E-state index contributed by atoms with van der Waals surface area (Å²) in [6.45, 7) is 1.55. The molecule has 0 aliphatic rings. The minimum absolute atomic E-state index is 0.0336. The van der Waals surface area contributed by atoms with E-state index in [0.717, 1.165) is 6.07 Å². The fourth-order valence-corrected chi connectivity index (χ4v) is 1.94. The van der Waals surface area contributed by atoms with Crippen LogP contribution in [0.5, 0.6) is 0 Å². The van der Waals surface area contributed by atoms with E-state index in [-0.39, 0.29) is 16.7 Å². The number of aromatic nitrogens is 1. The van der Waals surface area contributed by atoms with Crippen LogP contribution in [0.15, 0.2) is 29.1 Å². The first-order valence-electron chi connectivity index (χ1n) is 5.75. The third-order valence-electron chi connectivity index (χ3n) is 2.87. The smallest absolute Gasteiger partial charge is 0.325 e. The number of nitrogens with zero attached hydrogens (tertiary/aromatic N) is 1. The first-order valence-corrected chi connectivity index (χ1v) is 5.75. The number of pyridine rings is 1. The highest BCUT2D eigenvalue weighted by Gasteiger charge is 2.34. The van der Waals surface area contributed by atoms with E-state index in [1.165, 1.54) is 6.07 Å². The van der Waals surface area contributed by atoms with Gasteiger partial charge < -0.3 is 4.98 Å². The summed E-state index contributed by atoms with van der Waals surface area (Å²) >= 11 is 0. The molecule has 3 nitrogen and oxygen atoms in total. The Labute approximate surface area is 116 Å². The molecule has 2 aromatic rings. The summed E-state index contributed by atoms with van der Waals surface area (Å²) in [5.74, 6) is -1.46. The molecule has 108 valence electrons. The number of rotatable bonds is 1. The van der Waals surface area contributed by atoms with Gasteiger partial charge in [0.25, 0.3) is 5.56 Å². The number of benzene rings is 1. The number of hydrogen-bond acceptors (Lipinski definition) is 2. The molecular weight excluding hydrogens is 288 g/mol. The van der Waals surface area contributed by atoms with E-state index in [0.29, 0.717) is 17.8 Å². The zero-order valence-corrected chi connectivity index (χ0v) is 10.7. The number of nitriles is 1. The number of aromatic amines is 1. The SMILES string of the molecule is Cc1cc(-c2ccc(C(F)(F)F)c(F)c2)c(C#N)c(=O)[nH]1. The monoisotopic (exact) mass is 296 g/mol. The second-order valence-corrected chi connectivity index (χ2v) is 4.37. The highest BCUT2D eigenvalue weighted by molar-refractivity contribution is 5.70. The number of halogens is 4. The largest absolute Gasteiger partial charge is 0.419 e. The Hall–Kier alpha value is -2.62. The lowest BCUT2D eigenvalue weighted by Gasteiger charge is -2.10. The van der Waals surface area contributed by atoms with E-state index in [1.807, 2.05) is 0 Å². The van der Waals surface area contributed by atoms with Crippen molar-refractivity contribution >= 4 is 0 Å². The lowest BCUT2D eigenvalue weighted by molar-refractivity contribution is -0.139. The predicted molar refractivity (Wildman–Crippen MR) is 66.9 cm³/mol. The summed E-state index contributed by atoms with van der Waals surface area (Å²) in [7, 11) is 0. The number of alkyl halides is 3. The quantitative estimate of drug-likeness (QED) is 0.820. The third-order valence-corrected chi connectivity index (χ3v) is 2.87. The Balaban J connectivity index is 2.68. The summed E-state index contributed by atoms with van der Waals surface area (Å²) in [5.41, 5.74) is -1.81. The van der Waals surface area contributed by atoms with Crippen LogP contribution in [0.3, 0.4) is 0 Å². The molecular formula is C14H8F4N2O. The van der Waals surface area contributed by atoms with Gasteiger partial charge in [-0.15, -0.1) is 0 Å². The number of H-pyrrole nitrogens is 1.